The van der Waals surface area contributed by atoms with Crippen LogP contribution >= 0.6 is 0 Å². The Balaban J connectivity index is 1.66. The highest BCUT2D eigenvalue weighted by molar-refractivity contribution is 5.74. The van der Waals surface area contributed by atoms with Gasteiger partial charge >= 0.3 is 5.97 Å². The van der Waals surface area contributed by atoms with Gasteiger partial charge in [0.2, 0.25) is 0 Å². The molecule has 2 heterocycles. The highest BCUT2D eigenvalue weighted by atomic mass is 16.5. The second kappa shape index (κ2) is 7.04. The van der Waals surface area contributed by atoms with Crippen molar-refractivity contribution in [2.75, 3.05) is 7.11 Å². The van der Waals surface area contributed by atoms with Crippen molar-refractivity contribution in [3.63, 3.8) is 0 Å². The molecule has 3 heteroatoms. The average molecular weight is 303 g/mol. The van der Waals surface area contributed by atoms with Gasteiger partial charge < -0.3 is 10.1 Å². The minimum atomic E-state index is 0.00995. The first kappa shape index (κ1) is 15.9. The predicted molar refractivity (Wildman–Crippen MR) is 87.1 cm³/mol. The molecule has 3 fully saturated rings. The van der Waals surface area contributed by atoms with E-state index in [-0.39, 0.29) is 11.9 Å². The van der Waals surface area contributed by atoms with Crippen molar-refractivity contribution in [2.45, 2.75) is 70.4 Å². The van der Waals surface area contributed by atoms with Crippen LogP contribution in [0, 0.1) is 35.5 Å². The molecule has 122 valence electrons. The fourth-order valence-corrected chi connectivity index (χ4v) is 4.99. The molecule has 0 spiro atoms. The van der Waals surface area contributed by atoms with E-state index in [2.05, 4.69) is 24.1 Å². The first-order valence-corrected chi connectivity index (χ1v) is 9.05. The number of esters is 1. The Kier molecular flexibility index (Phi) is 5.08. The smallest absolute Gasteiger partial charge is 0.310 e. The maximum Gasteiger partial charge on any atom is 0.310 e. The van der Waals surface area contributed by atoms with E-state index < -0.39 is 0 Å². The molecule has 3 aliphatic rings. The third-order valence-electron chi connectivity index (χ3n) is 6.06. The minimum absolute atomic E-state index is 0.00995. The third kappa shape index (κ3) is 3.18. The van der Waals surface area contributed by atoms with Gasteiger partial charge in [0.1, 0.15) is 0 Å². The number of fused-ring (bicyclic) bond motifs is 2. The quantitative estimate of drug-likeness (QED) is 0.629. The summed E-state index contributed by atoms with van der Waals surface area (Å²) in [5.74, 6) is 8.54. The van der Waals surface area contributed by atoms with Crippen LogP contribution in [0.2, 0.25) is 0 Å². The number of piperidine rings is 1. The maximum atomic E-state index is 12.3. The van der Waals surface area contributed by atoms with Crippen LogP contribution in [0.4, 0.5) is 0 Å². The lowest BCUT2D eigenvalue weighted by Gasteiger charge is -2.42. The zero-order chi connectivity index (χ0) is 15.5. The molecule has 2 bridgehead atoms. The Bertz CT molecular complexity index is 456. The summed E-state index contributed by atoms with van der Waals surface area (Å²) in [6.07, 6.45) is 9.38. The number of carbonyl (C=O) groups is 1. The molecule has 2 saturated heterocycles. The van der Waals surface area contributed by atoms with Crippen LogP contribution in [0.3, 0.4) is 0 Å². The number of hydrogen-bond acceptors (Lipinski definition) is 3. The first-order chi connectivity index (χ1) is 10.7. The van der Waals surface area contributed by atoms with Crippen molar-refractivity contribution in [1.29, 1.82) is 0 Å². The lowest BCUT2D eigenvalue weighted by atomic mass is 9.67. The average Bonchev–Trinajstić information content (AvgIpc) is 2.94. The highest BCUT2D eigenvalue weighted by Gasteiger charge is 2.48. The lowest BCUT2D eigenvalue weighted by Crippen LogP contribution is -2.51. The van der Waals surface area contributed by atoms with Crippen LogP contribution in [0.5, 0.6) is 0 Å². The number of carbonyl (C=O) groups excluding carboxylic acids is 1. The number of nitrogens with one attached hydrogen (secondary N) is 1. The molecular formula is C19H29NO2. The number of methoxy groups -OCH3 is 1. The van der Waals surface area contributed by atoms with Gasteiger partial charge in [0.25, 0.3) is 0 Å². The number of hydrogen-bond donors (Lipinski definition) is 1. The van der Waals surface area contributed by atoms with Gasteiger partial charge in [-0.1, -0.05) is 12.8 Å². The summed E-state index contributed by atoms with van der Waals surface area (Å²) in [4.78, 5) is 12.3. The Labute approximate surface area is 134 Å². The van der Waals surface area contributed by atoms with Gasteiger partial charge in [0.15, 0.2) is 0 Å². The molecule has 2 aliphatic heterocycles. The lowest BCUT2D eigenvalue weighted by molar-refractivity contribution is -0.151. The second-order valence-electron chi connectivity index (χ2n) is 7.28. The van der Waals surface area contributed by atoms with Crippen LogP contribution in [-0.4, -0.2) is 25.2 Å². The molecule has 0 aromatic heterocycles. The van der Waals surface area contributed by atoms with Gasteiger partial charge in [-0.3, -0.25) is 4.79 Å². The van der Waals surface area contributed by atoms with Crippen LogP contribution in [-0.2, 0) is 9.53 Å². The molecule has 4 unspecified atom stereocenters. The zero-order valence-electron chi connectivity index (χ0n) is 13.9. The number of rotatable bonds is 2. The first-order valence-electron chi connectivity index (χ1n) is 9.05. The summed E-state index contributed by atoms with van der Waals surface area (Å²) in [5.41, 5.74) is 0. The van der Waals surface area contributed by atoms with E-state index in [1.54, 1.807) is 0 Å². The maximum absolute atomic E-state index is 12.3. The molecule has 4 atom stereocenters. The van der Waals surface area contributed by atoms with Gasteiger partial charge in [0.05, 0.1) is 13.0 Å². The molecule has 3 nitrogen and oxygen atoms in total. The molecular weight excluding hydrogens is 274 g/mol. The van der Waals surface area contributed by atoms with Gasteiger partial charge in [-0.25, -0.2) is 0 Å². The molecule has 0 radical (unpaired) electrons. The van der Waals surface area contributed by atoms with Crippen molar-refractivity contribution in [3.05, 3.63) is 0 Å². The molecule has 1 N–H and O–H groups in total. The monoisotopic (exact) mass is 303 g/mol. The van der Waals surface area contributed by atoms with E-state index in [1.807, 2.05) is 0 Å². The van der Waals surface area contributed by atoms with Crippen molar-refractivity contribution in [2.24, 2.45) is 23.7 Å². The van der Waals surface area contributed by atoms with Crippen LogP contribution in [0.1, 0.15) is 58.3 Å². The summed E-state index contributed by atoms with van der Waals surface area (Å²) < 4.78 is 5.13. The summed E-state index contributed by atoms with van der Waals surface area (Å²) in [6, 6.07) is 0.988. The molecule has 0 aromatic rings. The summed E-state index contributed by atoms with van der Waals surface area (Å²) >= 11 is 0. The van der Waals surface area contributed by atoms with E-state index in [4.69, 9.17) is 4.74 Å². The minimum Gasteiger partial charge on any atom is -0.469 e. The third-order valence-corrected chi connectivity index (χ3v) is 6.06. The summed E-state index contributed by atoms with van der Waals surface area (Å²) in [5, 5.41) is 3.64. The summed E-state index contributed by atoms with van der Waals surface area (Å²) in [7, 11) is 1.54. The predicted octanol–water partition coefficient (Wildman–Crippen LogP) is 3.14. The molecule has 22 heavy (non-hydrogen) atoms. The molecule has 3 rings (SSSR count). The van der Waals surface area contributed by atoms with Crippen molar-refractivity contribution < 1.29 is 9.53 Å². The standard InChI is InChI=1S/C19H29NO2/c1-3-4-5-13-6-8-14(9-7-13)16-12-15-10-11-17(20-15)18(16)19(21)22-2/h13-18,20H,3,6-12H2,1-2H3. The summed E-state index contributed by atoms with van der Waals surface area (Å²) in [6.45, 7) is 2.12. The van der Waals surface area contributed by atoms with E-state index in [0.717, 1.165) is 19.3 Å². The van der Waals surface area contributed by atoms with Crippen molar-refractivity contribution >= 4 is 5.97 Å². The number of ether oxygens (including phenoxy) is 1. The van der Waals surface area contributed by atoms with Crippen LogP contribution in [0.25, 0.3) is 0 Å². The SMILES string of the molecule is CCC#CC1CCC(C2CC3CCC(N3)C2C(=O)OC)CC1. The Hall–Kier alpha value is -1.01. The molecule has 0 aromatic carbocycles. The van der Waals surface area contributed by atoms with Crippen LogP contribution < -0.4 is 5.32 Å². The molecule has 1 saturated carbocycles. The van der Waals surface area contributed by atoms with Crippen molar-refractivity contribution in [3.8, 4) is 11.8 Å². The van der Waals surface area contributed by atoms with Gasteiger partial charge in [0, 0.05) is 24.4 Å². The van der Waals surface area contributed by atoms with Gasteiger partial charge in [-0.15, -0.1) is 5.92 Å². The van der Waals surface area contributed by atoms with E-state index >= 15 is 0 Å². The fourth-order valence-electron chi connectivity index (χ4n) is 4.99. The molecule has 1 aliphatic carbocycles. The topological polar surface area (TPSA) is 38.3 Å². The van der Waals surface area contributed by atoms with E-state index in [1.165, 1.54) is 39.2 Å². The largest absolute Gasteiger partial charge is 0.469 e. The highest BCUT2D eigenvalue weighted by Crippen LogP contribution is 2.45. The normalized spacial score (nSPS) is 40.6. The Morgan fingerprint density at radius 2 is 1.95 bits per heavy atom. The Morgan fingerprint density at radius 1 is 1.18 bits per heavy atom. The van der Waals surface area contributed by atoms with Crippen LogP contribution in [0.15, 0.2) is 0 Å². The van der Waals surface area contributed by atoms with E-state index in [9.17, 15) is 4.79 Å². The molecule has 0 amide bonds. The second-order valence-corrected chi connectivity index (χ2v) is 7.28. The zero-order valence-corrected chi connectivity index (χ0v) is 13.9. The van der Waals surface area contributed by atoms with Gasteiger partial charge in [-0.05, 0) is 56.8 Å². The Morgan fingerprint density at radius 3 is 2.64 bits per heavy atom. The fraction of sp³-hybridized carbons (Fsp3) is 0.842. The van der Waals surface area contributed by atoms with E-state index in [0.29, 0.717) is 29.8 Å². The van der Waals surface area contributed by atoms with Gasteiger partial charge in [-0.2, -0.15) is 0 Å². The van der Waals surface area contributed by atoms with Crippen molar-refractivity contribution in [1.82, 2.24) is 5.32 Å².